The fourth-order valence-electron chi connectivity index (χ4n) is 2.73. The molecule has 4 heteroatoms. The zero-order valence-electron chi connectivity index (χ0n) is 12.9. The molecule has 1 amide bonds. The molecule has 0 aliphatic heterocycles. The fourth-order valence-corrected chi connectivity index (χ4v) is 2.73. The summed E-state index contributed by atoms with van der Waals surface area (Å²) in [7, 11) is 0. The molecule has 0 radical (unpaired) electrons. The number of benzene rings is 1. The largest absolute Gasteiger partial charge is 0.343 e. The third-order valence-corrected chi connectivity index (χ3v) is 4.14. The molecule has 1 aromatic carbocycles. The summed E-state index contributed by atoms with van der Waals surface area (Å²) in [6, 6.07) is 6.95. The van der Waals surface area contributed by atoms with E-state index < -0.39 is 0 Å². The first-order valence-electron chi connectivity index (χ1n) is 7.92. The van der Waals surface area contributed by atoms with E-state index in [2.05, 4.69) is 5.32 Å². The fraction of sp³-hybridized carbons (Fsp3) is 0.588. The lowest BCUT2D eigenvalue weighted by atomic mass is 10.0. The van der Waals surface area contributed by atoms with Crippen molar-refractivity contribution < 1.29 is 9.18 Å². The summed E-state index contributed by atoms with van der Waals surface area (Å²) in [6.07, 6.45) is 2.93. The van der Waals surface area contributed by atoms with Crippen LogP contribution in [0.25, 0.3) is 0 Å². The van der Waals surface area contributed by atoms with Crippen molar-refractivity contribution in [1.82, 2.24) is 10.2 Å². The van der Waals surface area contributed by atoms with Gasteiger partial charge in [-0.25, -0.2) is 4.39 Å². The number of carbonyl (C=O) groups is 1. The molecule has 0 bridgehead atoms. The molecule has 1 saturated carbocycles. The minimum absolute atomic E-state index is 0.196. The van der Waals surface area contributed by atoms with Crippen LogP contribution in [0.5, 0.6) is 0 Å². The summed E-state index contributed by atoms with van der Waals surface area (Å²) < 4.78 is 13.0. The molecule has 21 heavy (non-hydrogen) atoms. The first-order chi connectivity index (χ1) is 10.2. The molecule has 2 rings (SSSR count). The number of amides is 1. The normalized spacial score (nSPS) is 15.8. The van der Waals surface area contributed by atoms with Gasteiger partial charge in [-0.3, -0.25) is 4.79 Å². The SMILES string of the molecule is CCN(CC)C(=O)CCNC(c1ccc(F)cc1)C1CC1. The molecule has 1 aliphatic rings. The maximum atomic E-state index is 13.0. The van der Waals surface area contributed by atoms with Crippen LogP contribution in [0, 0.1) is 11.7 Å². The minimum Gasteiger partial charge on any atom is -0.343 e. The summed E-state index contributed by atoms with van der Waals surface area (Å²) in [5.74, 6) is 0.616. The minimum atomic E-state index is -0.204. The van der Waals surface area contributed by atoms with Crippen molar-refractivity contribution in [2.75, 3.05) is 19.6 Å². The number of carbonyl (C=O) groups excluding carboxylic acids is 1. The molecule has 1 aromatic rings. The molecule has 0 spiro atoms. The Morgan fingerprint density at radius 2 is 1.90 bits per heavy atom. The van der Waals surface area contributed by atoms with Gasteiger partial charge in [-0.1, -0.05) is 12.1 Å². The van der Waals surface area contributed by atoms with Gasteiger partial charge >= 0.3 is 0 Å². The highest BCUT2D eigenvalue weighted by Crippen LogP contribution is 2.40. The average molecular weight is 292 g/mol. The summed E-state index contributed by atoms with van der Waals surface area (Å²) >= 11 is 0. The Hall–Kier alpha value is -1.42. The molecule has 1 atom stereocenters. The lowest BCUT2D eigenvalue weighted by Gasteiger charge is -2.21. The predicted octanol–water partition coefficient (Wildman–Crippen LogP) is 3.12. The second-order valence-corrected chi connectivity index (χ2v) is 5.64. The monoisotopic (exact) mass is 292 g/mol. The van der Waals surface area contributed by atoms with Crippen molar-refractivity contribution in [3.8, 4) is 0 Å². The third-order valence-electron chi connectivity index (χ3n) is 4.14. The Labute approximate surface area is 126 Å². The van der Waals surface area contributed by atoms with E-state index in [1.54, 1.807) is 0 Å². The van der Waals surface area contributed by atoms with Crippen LogP contribution in [0.15, 0.2) is 24.3 Å². The lowest BCUT2D eigenvalue weighted by Crippen LogP contribution is -2.34. The first kappa shape index (κ1) is 16.0. The summed E-state index contributed by atoms with van der Waals surface area (Å²) in [5.41, 5.74) is 1.12. The van der Waals surface area contributed by atoms with Gasteiger partial charge in [0.25, 0.3) is 0 Å². The highest BCUT2D eigenvalue weighted by Gasteiger charge is 2.32. The predicted molar refractivity (Wildman–Crippen MR) is 82.4 cm³/mol. The Kier molecular flexibility index (Phi) is 5.74. The van der Waals surface area contributed by atoms with Crippen molar-refractivity contribution in [2.24, 2.45) is 5.92 Å². The van der Waals surface area contributed by atoms with Gasteiger partial charge < -0.3 is 10.2 Å². The Balaban J connectivity index is 1.87. The Morgan fingerprint density at radius 1 is 1.29 bits per heavy atom. The van der Waals surface area contributed by atoms with Crippen molar-refractivity contribution in [2.45, 2.75) is 39.2 Å². The second-order valence-electron chi connectivity index (χ2n) is 5.64. The molecule has 0 heterocycles. The van der Waals surface area contributed by atoms with Crippen LogP contribution in [0.2, 0.25) is 0 Å². The number of nitrogens with one attached hydrogen (secondary N) is 1. The molecule has 3 nitrogen and oxygen atoms in total. The van der Waals surface area contributed by atoms with E-state index in [9.17, 15) is 9.18 Å². The van der Waals surface area contributed by atoms with Gasteiger partial charge in [-0.05, 0) is 50.3 Å². The number of halogens is 1. The van der Waals surface area contributed by atoms with E-state index in [0.717, 1.165) is 18.7 Å². The molecule has 1 aliphatic carbocycles. The Bertz CT molecular complexity index is 452. The van der Waals surface area contributed by atoms with Crippen LogP contribution in [0.1, 0.15) is 44.7 Å². The van der Waals surface area contributed by atoms with Gasteiger partial charge in [0.1, 0.15) is 5.82 Å². The molecule has 1 fully saturated rings. The standard InChI is InChI=1S/C17H25FN2O/c1-3-20(4-2)16(21)11-12-19-17(13-5-6-13)14-7-9-15(18)10-8-14/h7-10,13,17,19H,3-6,11-12H2,1-2H3. The second kappa shape index (κ2) is 7.55. The van der Waals surface area contributed by atoms with Crippen LogP contribution >= 0.6 is 0 Å². The Morgan fingerprint density at radius 3 is 2.43 bits per heavy atom. The number of rotatable bonds is 8. The third kappa shape index (κ3) is 4.53. The van der Waals surface area contributed by atoms with Gasteiger partial charge in [0.2, 0.25) is 5.91 Å². The molecular formula is C17H25FN2O. The van der Waals surface area contributed by atoms with Gasteiger partial charge in [-0.15, -0.1) is 0 Å². The maximum absolute atomic E-state index is 13.0. The van der Waals surface area contributed by atoms with Gasteiger partial charge in [0, 0.05) is 32.1 Å². The van der Waals surface area contributed by atoms with Crippen LogP contribution in [-0.4, -0.2) is 30.4 Å². The smallest absolute Gasteiger partial charge is 0.223 e. The quantitative estimate of drug-likeness (QED) is 0.798. The van der Waals surface area contributed by atoms with E-state index in [-0.39, 0.29) is 17.8 Å². The molecule has 1 unspecified atom stereocenters. The number of hydrogen-bond acceptors (Lipinski definition) is 2. The average Bonchev–Trinajstić information content (AvgIpc) is 3.31. The van der Waals surface area contributed by atoms with Crippen molar-refractivity contribution in [1.29, 1.82) is 0 Å². The van der Waals surface area contributed by atoms with Crippen LogP contribution in [-0.2, 0) is 4.79 Å². The molecule has 116 valence electrons. The lowest BCUT2D eigenvalue weighted by molar-refractivity contribution is -0.130. The molecule has 0 saturated heterocycles. The van der Waals surface area contributed by atoms with E-state index in [1.807, 2.05) is 30.9 Å². The van der Waals surface area contributed by atoms with Crippen molar-refractivity contribution in [3.05, 3.63) is 35.6 Å². The highest BCUT2D eigenvalue weighted by atomic mass is 19.1. The molecule has 1 N–H and O–H groups in total. The van der Waals surface area contributed by atoms with Crippen molar-refractivity contribution >= 4 is 5.91 Å². The van der Waals surface area contributed by atoms with Crippen LogP contribution in [0.4, 0.5) is 4.39 Å². The van der Waals surface area contributed by atoms with E-state index in [0.29, 0.717) is 18.9 Å². The first-order valence-corrected chi connectivity index (χ1v) is 7.92. The molecule has 0 aromatic heterocycles. The van der Waals surface area contributed by atoms with Crippen molar-refractivity contribution in [3.63, 3.8) is 0 Å². The van der Waals surface area contributed by atoms with Crippen LogP contribution in [0.3, 0.4) is 0 Å². The summed E-state index contributed by atoms with van der Waals surface area (Å²) in [4.78, 5) is 13.8. The topological polar surface area (TPSA) is 32.3 Å². The van der Waals surface area contributed by atoms with Gasteiger partial charge in [-0.2, -0.15) is 0 Å². The van der Waals surface area contributed by atoms with E-state index in [4.69, 9.17) is 0 Å². The van der Waals surface area contributed by atoms with Gasteiger partial charge in [0.05, 0.1) is 0 Å². The van der Waals surface area contributed by atoms with E-state index >= 15 is 0 Å². The zero-order valence-corrected chi connectivity index (χ0v) is 12.9. The zero-order chi connectivity index (χ0) is 15.2. The highest BCUT2D eigenvalue weighted by molar-refractivity contribution is 5.76. The van der Waals surface area contributed by atoms with E-state index in [1.165, 1.54) is 25.0 Å². The summed E-state index contributed by atoms with van der Waals surface area (Å²) in [5, 5.41) is 3.48. The van der Waals surface area contributed by atoms with Crippen LogP contribution < -0.4 is 5.32 Å². The number of nitrogens with zero attached hydrogens (tertiary/aromatic N) is 1. The maximum Gasteiger partial charge on any atom is 0.223 e. The number of hydrogen-bond donors (Lipinski definition) is 1. The molecular weight excluding hydrogens is 267 g/mol. The summed E-state index contributed by atoms with van der Waals surface area (Å²) in [6.45, 7) is 6.20. The van der Waals surface area contributed by atoms with Gasteiger partial charge in [0.15, 0.2) is 0 Å².